The maximum atomic E-state index is 12.4. The Morgan fingerprint density at radius 3 is 2.62 bits per heavy atom. The molecule has 21 heavy (non-hydrogen) atoms. The molecule has 0 radical (unpaired) electrons. The van der Waals surface area contributed by atoms with Gasteiger partial charge in [-0.25, -0.2) is 0 Å². The molecule has 2 N–H and O–H groups in total. The Kier molecular flexibility index (Phi) is 4.70. The van der Waals surface area contributed by atoms with Crippen molar-refractivity contribution in [2.75, 3.05) is 0 Å². The highest BCUT2D eigenvalue weighted by Gasteiger charge is 2.28. The van der Waals surface area contributed by atoms with E-state index in [1.165, 1.54) is 12.8 Å². The first-order chi connectivity index (χ1) is 9.93. The lowest BCUT2D eigenvalue weighted by Crippen LogP contribution is -2.36. The Labute approximate surface area is 125 Å². The van der Waals surface area contributed by atoms with Crippen LogP contribution in [0.2, 0.25) is 0 Å². The molecule has 1 amide bonds. The van der Waals surface area contributed by atoms with Crippen molar-refractivity contribution >= 4 is 11.9 Å². The van der Waals surface area contributed by atoms with Crippen LogP contribution in [0.5, 0.6) is 0 Å². The van der Waals surface area contributed by atoms with E-state index in [0.29, 0.717) is 18.0 Å². The van der Waals surface area contributed by atoms with Crippen LogP contribution in [0.1, 0.15) is 66.8 Å². The van der Waals surface area contributed by atoms with E-state index >= 15 is 0 Å². The molecule has 0 spiro atoms. The predicted molar refractivity (Wildman–Crippen MR) is 80.6 cm³/mol. The Morgan fingerprint density at radius 1 is 1.43 bits per heavy atom. The lowest BCUT2D eigenvalue weighted by molar-refractivity contribution is -0.137. The predicted octanol–water partition coefficient (Wildman–Crippen LogP) is 2.81. The number of nitrogens with one attached hydrogen (secondary N) is 1. The van der Waals surface area contributed by atoms with Crippen LogP contribution in [-0.2, 0) is 4.79 Å². The van der Waals surface area contributed by atoms with Crippen LogP contribution < -0.4 is 5.32 Å². The molecule has 1 aliphatic rings. The van der Waals surface area contributed by atoms with Crippen molar-refractivity contribution in [1.29, 1.82) is 0 Å². The number of carbonyl (C=O) groups is 2. The SMILES string of the molecule is CCC[C@H](CC(=O)O)NC(=O)c1cc(C)n(C2CC2)c1C. The molecule has 0 aliphatic heterocycles. The molecular weight excluding hydrogens is 268 g/mol. The second kappa shape index (κ2) is 6.33. The summed E-state index contributed by atoms with van der Waals surface area (Å²) in [7, 11) is 0. The van der Waals surface area contributed by atoms with Crippen molar-refractivity contribution < 1.29 is 14.7 Å². The van der Waals surface area contributed by atoms with Gasteiger partial charge in [-0.15, -0.1) is 0 Å². The quantitative estimate of drug-likeness (QED) is 0.811. The number of aliphatic carboxylic acids is 1. The molecule has 1 aromatic heterocycles. The molecule has 1 saturated carbocycles. The van der Waals surface area contributed by atoms with Crippen molar-refractivity contribution in [3.05, 3.63) is 23.0 Å². The van der Waals surface area contributed by atoms with Crippen molar-refractivity contribution in [1.82, 2.24) is 9.88 Å². The van der Waals surface area contributed by atoms with Gasteiger partial charge >= 0.3 is 5.97 Å². The third kappa shape index (κ3) is 3.65. The number of amides is 1. The molecule has 2 rings (SSSR count). The average molecular weight is 292 g/mol. The van der Waals surface area contributed by atoms with E-state index in [9.17, 15) is 9.59 Å². The molecule has 1 aliphatic carbocycles. The fourth-order valence-corrected chi connectivity index (χ4v) is 2.95. The van der Waals surface area contributed by atoms with Gasteiger partial charge < -0.3 is 15.0 Å². The highest BCUT2D eigenvalue weighted by Crippen LogP contribution is 2.38. The number of carboxylic acids is 1. The monoisotopic (exact) mass is 292 g/mol. The molecule has 1 atom stereocenters. The number of carbonyl (C=O) groups excluding carboxylic acids is 1. The minimum Gasteiger partial charge on any atom is -0.481 e. The summed E-state index contributed by atoms with van der Waals surface area (Å²) in [4.78, 5) is 23.3. The Balaban J connectivity index is 2.11. The molecule has 0 unspecified atom stereocenters. The lowest BCUT2D eigenvalue weighted by Gasteiger charge is -2.16. The number of aryl methyl sites for hydroxylation is 1. The molecule has 5 nitrogen and oxygen atoms in total. The van der Waals surface area contributed by atoms with Gasteiger partial charge in [0.2, 0.25) is 0 Å². The van der Waals surface area contributed by atoms with E-state index in [0.717, 1.165) is 17.8 Å². The molecule has 1 heterocycles. The molecule has 1 aromatic rings. The van der Waals surface area contributed by atoms with Gasteiger partial charge in [0, 0.05) is 23.5 Å². The summed E-state index contributed by atoms with van der Waals surface area (Å²) in [5.41, 5.74) is 2.76. The Hall–Kier alpha value is -1.78. The first kappa shape index (κ1) is 15.6. The lowest BCUT2D eigenvalue weighted by atomic mass is 10.1. The molecule has 0 bridgehead atoms. The van der Waals surface area contributed by atoms with Gasteiger partial charge in [-0.2, -0.15) is 0 Å². The van der Waals surface area contributed by atoms with Gasteiger partial charge in [0.1, 0.15) is 0 Å². The number of nitrogens with zero attached hydrogens (tertiary/aromatic N) is 1. The van der Waals surface area contributed by atoms with Gasteiger partial charge in [-0.05, 0) is 39.2 Å². The van der Waals surface area contributed by atoms with Crippen molar-refractivity contribution in [2.45, 2.75) is 65.0 Å². The van der Waals surface area contributed by atoms with Gasteiger partial charge in [0.05, 0.1) is 12.0 Å². The highest BCUT2D eigenvalue weighted by atomic mass is 16.4. The summed E-state index contributed by atoms with van der Waals surface area (Å²) in [6.07, 6.45) is 3.85. The van der Waals surface area contributed by atoms with Crippen LogP contribution in [0, 0.1) is 13.8 Å². The number of hydrogen-bond donors (Lipinski definition) is 2. The maximum Gasteiger partial charge on any atom is 0.305 e. The molecule has 0 aromatic carbocycles. The van der Waals surface area contributed by atoms with E-state index in [-0.39, 0.29) is 18.4 Å². The van der Waals surface area contributed by atoms with Gasteiger partial charge in [-0.1, -0.05) is 13.3 Å². The minimum atomic E-state index is -0.878. The van der Waals surface area contributed by atoms with E-state index < -0.39 is 5.97 Å². The van der Waals surface area contributed by atoms with Crippen molar-refractivity contribution in [3.63, 3.8) is 0 Å². The largest absolute Gasteiger partial charge is 0.481 e. The average Bonchev–Trinajstić information content (AvgIpc) is 3.15. The zero-order valence-corrected chi connectivity index (χ0v) is 13.0. The van der Waals surface area contributed by atoms with Crippen LogP contribution in [0.3, 0.4) is 0 Å². The summed E-state index contributed by atoms with van der Waals surface area (Å²) < 4.78 is 2.22. The second-order valence-corrected chi connectivity index (χ2v) is 5.94. The van der Waals surface area contributed by atoms with Gasteiger partial charge in [-0.3, -0.25) is 9.59 Å². The summed E-state index contributed by atoms with van der Waals surface area (Å²) in [6.45, 7) is 5.97. The van der Waals surface area contributed by atoms with Crippen LogP contribution in [-0.4, -0.2) is 27.6 Å². The number of aromatic nitrogens is 1. The van der Waals surface area contributed by atoms with E-state index in [2.05, 4.69) is 9.88 Å². The van der Waals surface area contributed by atoms with Crippen LogP contribution in [0.25, 0.3) is 0 Å². The van der Waals surface area contributed by atoms with Crippen LogP contribution in [0.15, 0.2) is 6.07 Å². The number of rotatable bonds is 7. The van der Waals surface area contributed by atoms with Crippen LogP contribution in [0.4, 0.5) is 0 Å². The van der Waals surface area contributed by atoms with E-state index in [1.807, 2.05) is 26.8 Å². The highest BCUT2D eigenvalue weighted by molar-refractivity contribution is 5.96. The molecule has 5 heteroatoms. The van der Waals surface area contributed by atoms with Crippen molar-refractivity contribution in [2.24, 2.45) is 0 Å². The summed E-state index contributed by atoms with van der Waals surface area (Å²) in [6, 6.07) is 2.15. The standard InChI is InChI=1S/C16H24N2O3/c1-4-5-12(9-15(19)20)17-16(21)14-8-10(2)18(11(14)3)13-6-7-13/h8,12-13H,4-7,9H2,1-3H3,(H,17,21)(H,19,20)/t12-/m1/s1. The molecule has 116 valence electrons. The van der Waals surface area contributed by atoms with Crippen LogP contribution >= 0.6 is 0 Å². The number of hydrogen-bond acceptors (Lipinski definition) is 2. The van der Waals surface area contributed by atoms with Gasteiger partial charge in [0.15, 0.2) is 0 Å². The first-order valence-electron chi connectivity index (χ1n) is 7.65. The zero-order valence-electron chi connectivity index (χ0n) is 13.0. The van der Waals surface area contributed by atoms with E-state index in [4.69, 9.17) is 5.11 Å². The third-order valence-corrected chi connectivity index (χ3v) is 4.03. The topological polar surface area (TPSA) is 71.3 Å². The summed E-state index contributed by atoms with van der Waals surface area (Å²) in [5, 5.41) is 11.8. The minimum absolute atomic E-state index is 0.0268. The molecule has 0 saturated heterocycles. The van der Waals surface area contributed by atoms with Crippen molar-refractivity contribution in [3.8, 4) is 0 Å². The van der Waals surface area contributed by atoms with E-state index in [1.54, 1.807) is 0 Å². The zero-order chi connectivity index (χ0) is 15.6. The first-order valence-corrected chi connectivity index (χ1v) is 7.65. The molecule has 1 fully saturated rings. The fraction of sp³-hybridized carbons (Fsp3) is 0.625. The maximum absolute atomic E-state index is 12.4. The Morgan fingerprint density at radius 2 is 2.10 bits per heavy atom. The fourth-order valence-electron chi connectivity index (χ4n) is 2.95. The third-order valence-electron chi connectivity index (χ3n) is 4.03. The number of carboxylic acid groups (broad SMARTS) is 1. The van der Waals surface area contributed by atoms with Gasteiger partial charge in [0.25, 0.3) is 5.91 Å². The molecular formula is C16H24N2O3. The smallest absolute Gasteiger partial charge is 0.305 e. The summed E-state index contributed by atoms with van der Waals surface area (Å²) >= 11 is 0. The second-order valence-electron chi connectivity index (χ2n) is 5.94. The summed E-state index contributed by atoms with van der Waals surface area (Å²) in [5.74, 6) is -1.04. The normalized spacial score (nSPS) is 15.8. The Bertz CT molecular complexity index is 544.